The molecule has 0 saturated carbocycles. The van der Waals surface area contributed by atoms with Crippen LogP contribution in [0.1, 0.15) is 11.8 Å². The fraction of sp³-hybridized carbons (Fsp3) is 0.500. The molecule has 0 aliphatic heterocycles. The van der Waals surface area contributed by atoms with E-state index in [0.717, 1.165) is 6.42 Å². The van der Waals surface area contributed by atoms with Gasteiger partial charge in [0.15, 0.2) is 0 Å². The van der Waals surface area contributed by atoms with E-state index in [-0.39, 0.29) is 18.4 Å². The van der Waals surface area contributed by atoms with Crippen molar-refractivity contribution in [3.8, 4) is 0 Å². The Kier molecular flexibility index (Phi) is 4.62. The Bertz CT molecular complexity index is 272. The van der Waals surface area contributed by atoms with Crippen molar-refractivity contribution in [2.24, 2.45) is 5.92 Å². The SMILES string of the molecule is CC(Cc1cccs1)C(=O)NCCO. The number of rotatable bonds is 5. The zero-order valence-corrected chi connectivity index (χ0v) is 9.01. The molecule has 3 nitrogen and oxygen atoms in total. The molecule has 14 heavy (non-hydrogen) atoms. The molecule has 1 aromatic rings. The van der Waals surface area contributed by atoms with Gasteiger partial charge in [-0.1, -0.05) is 13.0 Å². The minimum absolute atomic E-state index is 0.00252. The van der Waals surface area contributed by atoms with Crippen molar-refractivity contribution >= 4 is 17.2 Å². The minimum atomic E-state index is -0.0276. The van der Waals surface area contributed by atoms with Gasteiger partial charge < -0.3 is 10.4 Å². The third-order valence-corrected chi connectivity index (χ3v) is 2.84. The average Bonchev–Trinajstić information content (AvgIpc) is 2.66. The van der Waals surface area contributed by atoms with Crippen LogP contribution in [0.2, 0.25) is 0 Å². The molecule has 1 aromatic heterocycles. The standard InChI is InChI=1S/C10H15NO2S/c1-8(10(13)11-4-5-12)7-9-3-2-6-14-9/h2-3,6,8,12H,4-5,7H2,1H3,(H,11,13). The van der Waals surface area contributed by atoms with E-state index in [4.69, 9.17) is 5.11 Å². The normalized spacial score (nSPS) is 12.4. The van der Waals surface area contributed by atoms with Crippen molar-refractivity contribution in [1.29, 1.82) is 0 Å². The second-order valence-corrected chi connectivity index (χ2v) is 4.23. The molecule has 2 N–H and O–H groups in total. The number of amides is 1. The lowest BCUT2D eigenvalue weighted by molar-refractivity contribution is -0.124. The highest BCUT2D eigenvalue weighted by Gasteiger charge is 2.12. The first-order valence-electron chi connectivity index (χ1n) is 4.65. The van der Waals surface area contributed by atoms with Crippen LogP contribution in [0, 0.1) is 5.92 Å². The summed E-state index contributed by atoms with van der Waals surface area (Å²) in [7, 11) is 0. The predicted molar refractivity (Wildman–Crippen MR) is 57.3 cm³/mol. The lowest BCUT2D eigenvalue weighted by Crippen LogP contribution is -2.32. The molecule has 78 valence electrons. The molecule has 0 fully saturated rings. The fourth-order valence-corrected chi connectivity index (χ4v) is 2.01. The molecule has 1 heterocycles. The van der Waals surface area contributed by atoms with Crippen molar-refractivity contribution in [1.82, 2.24) is 5.32 Å². The quantitative estimate of drug-likeness (QED) is 0.767. The number of carbonyl (C=O) groups excluding carboxylic acids is 1. The van der Waals surface area contributed by atoms with Crippen LogP contribution in [0.3, 0.4) is 0 Å². The van der Waals surface area contributed by atoms with E-state index in [1.165, 1.54) is 4.88 Å². The number of carbonyl (C=O) groups is 1. The van der Waals surface area contributed by atoms with E-state index >= 15 is 0 Å². The van der Waals surface area contributed by atoms with Gasteiger partial charge in [0.05, 0.1) is 6.61 Å². The van der Waals surface area contributed by atoms with Gasteiger partial charge in [0.2, 0.25) is 5.91 Å². The second kappa shape index (κ2) is 5.78. The molecule has 0 aliphatic rings. The molecule has 0 spiro atoms. The molecule has 4 heteroatoms. The van der Waals surface area contributed by atoms with Crippen LogP contribution in [0.25, 0.3) is 0 Å². The van der Waals surface area contributed by atoms with Crippen LogP contribution in [0.4, 0.5) is 0 Å². The minimum Gasteiger partial charge on any atom is -0.395 e. The monoisotopic (exact) mass is 213 g/mol. The van der Waals surface area contributed by atoms with E-state index in [9.17, 15) is 4.79 Å². The summed E-state index contributed by atoms with van der Waals surface area (Å²) < 4.78 is 0. The van der Waals surface area contributed by atoms with E-state index < -0.39 is 0 Å². The van der Waals surface area contributed by atoms with Crippen molar-refractivity contribution < 1.29 is 9.90 Å². The van der Waals surface area contributed by atoms with Crippen LogP contribution in [-0.4, -0.2) is 24.2 Å². The zero-order valence-electron chi connectivity index (χ0n) is 8.19. The third kappa shape index (κ3) is 3.47. The molecule has 0 bridgehead atoms. The van der Waals surface area contributed by atoms with Gasteiger partial charge in [-0.15, -0.1) is 11.3 Å². The summed E-state index contributed by atoms with van der Waals surface area (Å²) in [4.78, 5) is 12.6. The van der Waals surface area contributed by atoms with Crippen LogP contribution >= 0.6 is 11.3 Å². The number of aliphatic hydroxyl groups is 1. The zero-order chi connectivity index (χ0) is 10.4. The Morgan fingerprint density at radius 3 is 3.07 bits per heavy atom. The molecule has 0 aromatic carbocycles. The fourth-order valence-electron chi connectivity index (χ4n) is 1.18. The van der Waals surface area contributed by atoms with Gasteiger partial charge in [0.25, 0.3) is 0 Å². The Balaban J connectivity index is 2.34. The van der Waals surface area contributed by atoms with E-state index in [1.807, 2.05) is 24.4 Å². The highest BCUT2D eigenvalue weighted by Crippen LogP contribution is 2.14. The summed E-state index contributed by atoms with van der Waals surface area (Å²) in [6, 6.07) is 4.01. The second-order valence-electron chi connectivity index (χ2n) is 3.20. The van der Waals surface area contributed by atoms with Crippen molar-refractivity contribution in [2.75, 3.05) is 13.2 Å². The van der Waals surface area contributed by atoms with Gasteiger partial charge in [0, 0.05) is 17.3 Å². The Labute approximate surface area is 87.8 Å². The summed E-state index contributed by atoms with van der Waals surface area (Å²) >= 11 is 1.66. The van der Waals surface area contributed by atoms with Crippen LogP contribution < -0.4 is 5.32 Å². The first kappa shape index (κ1) is 11.2. The summed E-state index contributed by atoms with van der Waals surface area (Å²) in [6.45, 7) is 2.23. The topological polar surface area (TPSA) is 49.3 Å². The van der Waals surface area contributed by atoms with Crippen molar-refractivity contribution in [2.45, 2.75) is 13.3 Å². The number of thiophene rings is 1. The number of aliphatic hydroxyl groups excluding tert-OH is 1. The number of hydrogen-bond donors (Lipinski definition) is 2. The Morgan fingerprint density at radius 2 is 2.50 bits per heavy atom. The molecule has 1 unspecified atom stereocenters. The van der Waals surface area contributed by atoms with Gasteiger partial charge in [-0.3, -0.25) is 4.79 Å². The molecule has 0 saturated heterocycles. The first-order valence-corrected chi connectivity index (χ1v) is 5.53. The molecule has 0 aliphatic carbocycles. The van der Waals surface area contributed by atoms with Gasteiger partial charge in [0.1, 0.15) is 0 Å². The lowest BCUT2D eigenvalue weighted by atomic mass is 10.1. The number of nitrogens with one attached hydrogen (secondary N) is 1. The highest BCUT2D eigenvalue weighted by molar-refractivity contribution is 7.09. The first-order chi connectivity index (χ1) is 6.74. The van der Waals surface area contributed by atoms with E-state index in [1.54, 1.807) is 11.3 Å². The summed E-state index contributed by atoms with van der Waals surface area (Å²) in [5.74, 6) is -0.0207. The highest BCUT2D eigenvalue weighted by atomic mass is 32.1. The maximum Gasteiger partial charge on any atom is 0.223 e. The molecule has 1 atom stereocenters. The lowest BCUT2D eigenvalue weighted by Gasteiger charge is -2.09. The predicted octanol–water partition coefficient (Wildman–Crippen LogP) is 1.04. The van der Waals surface area contributed by atoms with Crippen molar-refractivity contribution in [3.05, 3.63) is 22.4 Å². The molecule has 1 rings (SSSR count). The largest absolute Gasteiger partial charge is 0.395 e. The van der Waals surface area contributed by atoms with Gasteiger partial charge in [-0.25, -0.2) is 0 Å². The summed E-state index contributed by atoms with van der Waals surface area (Å²) in [6.07, 6.45) is 0.773. The van der Waals surface area contributed by atoms with Gasteiger partial charge in [-0.2, -0.15) is 0 Å². The smallest absolute Gasteiger partial charge is 0.223 e. The Morgan fingerprint density at radius 1 is 1.71 bits per heavy atom. The van der Waals surface area contributed by atoms with Crippen molar-refractivity contribution in [3.63, 3.8) is 0 Å². The number of hydrogen-bond acceptors (Lipinski definition) is 3. The molecule has 1 amide bonds. The maximum atomic E-state index is 11.4. The Hall–Kier alpha value is -0.870. The molecular formula is C10H15NO2S. The summed E-state index contributed by atoms with van der Waals surface area (Å²) in [5, 5.41) is 13.2. The van der Waals surface area contributed by atoms with Crippen LogP contribution in [-0.2, 0) is 11.2 Å². The van der Waals surface area contributed by atoms with E-state index in [0.29, 0.717) is 6.54 Å². The van der Waals surface area contributed by atoms with Crippen LogP contribution in [0.15, 0.2) is 17.5 Å². The van der Waals surface area contributed by atoms with Gasteiger partial charge in [-0.05, 0) is 17.9 Å². The molecular weight excluding hydrogens is 198 g/mol. The van der Waals surface area contributed by atoms with E-state index in [2.05, 4.69) is 5.32 Å². The van der Waals surface area contributed by atoms with Crippen LogP contribution in [0.5, 0.6) is 0 Å². The molecule has 0 radical (unpaired) electrons. The summed E-state index contributed by atoms with van der Waals surface area (Å²) in [5.41, 5.74) is 0. The third-order valence-electron chi connectivity index (χ3n) is 1.95. The van der Waals surface area contributed by atoms with Gasteiger partial charge >= 0.3 is 0 Å². The maximum absolute atomic E-state index is 11.4. The average molecular weight is 213 g/mol.